The van der Waals surface area contributed by atoms with E-state index in [1.54, 1.807) is 6.20 Å². The van der Waals surface area contributed by atoms with E-state index in [9.17, 15) is 9.59 Å². The largest absolute Gasteiger partial charge is 0.373 e. The summed E-state index contributed by atoms with van der Waals surface area (Å²) >= 11 is 0. The van der Waals surface area contributed by atoms with Crippen LogP contribution in [0, 0.1) is 0 Å². The SMILES string of the molecule is CC1CN(CC(=O)N2CCN(c3ncc[nH]c3=O)CC2)CC(C)O1. The minimum Gasteiger partial charge on any atom is -0.373 e. The van der Waals surface area contributed by atoms with Crippen LogP contribution >= 0.6 is 0 Å². The molecule has 1 N–H and O–H groups in total. The van der Waals surface area contributed by atoms with Gasteiger partial charge in [-0.25, -0.2) is 4.98 Å². The molecule has 2 unspecified atom stereocenters. The molecule has 1 aromatic heterocycles. The second-order valence-corrected chi connectivity index (χ2v) is 6.56. The summed E-state index contributed by atoms with van der Waals surface area (Å²) in [6.07, 6.45) is 3.42. The molecule has 3 heterocycles. The molecule has 2 aliphatic heterocycles. The lowest BCUT2D eigenvalue weighted by Crippen LogP contribution is -2.54. The van der Waals surface area contributed by atoms with Gasteiger partial charge in [0.25, 0.3) is 5.56 Å². The van der Waals surface area contributed by atoms with Crippen LogP contribution in [0.1, 0.15) is 13.8 Å². The lowest BCUT2D eigenvalue weighted by Gasteiger charge is -2.38. The first-order valence-corrected chi connectivity index (χ1v) is 8.47. The molecule has 2 saturated heterocycles. The molecule has 2 fully saturated rings. The number of morpholine rings is 1. The van der Waals surface area contributed by atoms with Gasteiger partial charge in [0.2, 0.25) is 5.91 Å². The molecule has 8 heteroatoms. The lowest BCUT2D eigenvalue weighted by atomic mass is 10.2. The summed E-state index contributed by atoms with van der Waals surface area (Å²) in [5.74, 6) is 0.575. The van der Waals surface area contributed by atoms with Gasteiger partial charge in [-0.3, -0.25) is 14.5 Å². The molecule has 132 valence electrons. The summed E-state index contributed by atoms with van der Waals surface area (Å²) in [7, 11) is 0. The Morgan fingerprint density at radius 1 is 1.25 bits per heavy atom. The quantitative estimate of drug-likeness (QED) is 0.804. The van der Waals surface area contributed by atoms with Crippen molar-refractivity contribution in [2.24, 2.45) is 0 Å². The molecule has 24 heavy (non-hydrogen) atoms. The number of nitrogens with one attached hydrogen (secondary N) is 1. The first-order chi connectivity index (χ1) is 11.5. The van der Waals surface area contributed by atoms with Crippen molar-refractivity contribution in [2.45, 2.75) is 26.1 Å². The fourth-order valence-corrected chi connectivity index (χ4v) is 3.44. The van der Waals surface area contributed by atoms with E-state index in [1.165, 1.54) is 6.20 Å². The number of ether oxygens (including phenoxy) is 1. The number of piperazine rings is 1. The lowest BCUT2D eigenvalue weighted by molar-refractivity contribution is -0.136. The molecule has 1 amide bonds. The van der Waals surface area contributed by atoms with E-state index in [2.05, 4.69) is 14.9 Å². The third kappa shape index (κ3) is 3.93. The molecule has 1 aromatic rings. The monoisotopic (exact) mass is 335 g/mol. The first-order valence-electron chi connectivity index (χ1n) is 8.47. The van der Waals surface area contributed by atoms with Crippen molar-refractivity contribution in [1.82, 2.24) is 19.8 Å². The fraction of sp³-hybridized carbons (Fsp3) is 0.688. The van der Waals surface area contributed by atoms with Gasteiger partial charge in [-0.2, -0.15) is 0 Å². The normalized spacial score (nSPS) is 25.8. The Hall–Kier alpha value is -1.93. The fourth-order valence-electron chi connectivity index (χ4n) is 3.44. The Morgan fingerprint density at radius 3 is 2.54 bits per heavy atom. The zero-order valence-corrected chi connectivity index (χ0v) is 14.3. The van der Waals surface area contributed by atoms with Crippen LogP contribution in [0.4, 0.5) is 5.82 Å². The predicted molar refractivity (Wildman–Crippen MR) is 90.1 cm³/mol. The Labute approximate surface area is 141 Å². The van der Waals surface area contributed by atoms with Gasteiger partial charge in [-0.15, -0.1) is 0 Å². The summed E-state index contributed by atoms with van der Waals surface area (Å²) in [6.45, 7) is 8.58. The van der Waals surface area contributed by atoms with E-state index in [-0.39, 0.29) is 23.7 Å². The number of aromatic amines is 1. The van der Waals surface area contributed by atoms with Crippen molar-refractivity contribution in [2.75, 3.05) is 50.7 Å². The van der Waals surface area contributed by atoms with Crippen LogP contribution in [0.25, 0.3) is 0 Å². The highest BCUT2D eigenvalue weighted by atomic mass is 16.5. The first kappa shape index (κ1) is 16.9. The van der Waals surface area contributed by atoms with Crippen LogP contribution in [0.15, 0.2) is 17.2 Å². The predicted octanol–water partition coefficient (Wildman–Crippen LogP) is -0.472. The summed E-state index contributed by atoms with van der Waals surface area (Å²) in [5.41, 5.74) is -0.187. The van der Waals surface area contributed by atoms with Gasteiger partial charge in [0.15, 0.2) is 5.82 Å². The van der Waals surface area contributed by atoms with Crippen LogP contribution in [0.3, 0.4) is 0 Å². The molecule has 2 atom stereocenters. The maximum absolute atomic E-state index is 12.5. The molecular weight excluding hydrogens is 310 g/mol. The Balaban J connectivity index is 1.52. The number of hydrogen-bond acceptors (Lipinski definition) is 6. The van der Waals surface area contributed by atoms with Gasteiger partial charge in [-0.05, 0) is 13.8 Å². The van der Waals surface area contributed by atoms with Crippen LogP contribution in [0.2, 0.25) is 0 Å². The van der Waals surface area contributed by atoms with E-state index in [4.69, 9.17) is 4.74 Å². The Kier molecular flexibility index (Phi) is 5.15. The second-order valence-electron chi connectivity index (χ2n) is 6.56. The minimum absolute atomic E-state index is 0.144. The molecule has 0 bridgehead atoms. The van der Waals surface area contributed by atoms with Gasteiger partial charge in [0.1, 0.15) is 0 Å². The van der Waals surface area contributed by atoms with Crippen LogP contribution < -0.4 is 10.5 Å². The van der Waals surface area contributed by atoms with Gasteiger partial charge in [-0.1, -0.05) is 0 Å². The highest BCUT2D eigenvalue weighted by Crippen LogP contribution is 2.12. The number of H-pyrrole nitrogens is 1. The maximum Gasteiger partial charge on any atom is 0.290 e. The standard InChI is InChI=1S/C16H25N5O3/c1-12-9-19(10-13(2)24-12)11-14(22)20-5-7-21(8-6-20)15-16(23)18-4-3-17-15/h3-4,12-13H,5-11H2,1-2H3,(H,18,23). The second kappa shape index (κ2) is 7.31. The number of aromatic nitrogens is 2. The topological polar surface area (TPSA) is 81.8 Å². The van der Waals surface area contributed by atoms with E-state index >= 15 is 0 Å². The summed E-state index contributed by atoms with van der Waals surface area (Å²) in [4.78, 5) is 37.1. The molecule has 0 radical (unpaired) electrons. The van der Waals surface area contributed by atoms with Crippen LogP contribution in [-0.2, 0) is 9.53 Å². The third-order valence-electron chi connectivity index (χ3n) is 4.47. The van der Waals surface area contributed by atoms with Crippen LogP contribution in [0.5, 0.6) is 0 Å². The molecule has 2 aliphatic rings. The summed E-state index contributed by atoms with van der Waals surface area (Å²) in [5, 5.41) is 0. The van der Waals surface area contributed by atoms with Crippen molar-refractivity contribution in [3.8, 4) is 0 Å². The van der Waals surface area contributed by atoms with Gasteiger partial charge >= 0.3 is 0 Å². The number of nitrogens with zero attached hydrogens (tertiary/aromatic N) is 4. The van der Waals surface area contributed by atoms with Crippen molar-refractivity contribution >= 4 is 11.7 Å². The average molecular weight is 335 g/mol. The average Bonchev–Trinajstić information content (AvgIpc) is 2.54. The Bertz CT molecular complexity index is 616. The van der Waals surface area contributed by atoms with Crippen LogP contribution in [-0.4, -0.2) is 83.7 Å². The van der Waals surface area contributed by atoms with Crippen molar-refractivity contribution in [3.05, 3.63) is 22.7 Å². The number of amides is 1. The highest BCUT2D eigenvalue weighted by molar-refractivity contribution is 5.78. The van der Waals surface area contributed by atoms with Gasteiger partial charge < -0.3 is 19.5 Å². The smallest absolute Gasteiger partial charge is 0.290 e. The molecule has 8 nitrogen and oxygen atoms in total. The van der Waals surface area contributed by atoms with Crippen molar-refractivity contribution < 1.29 is 9.53 Å². The zero-order chi connectivity index (χ0) is 17.1. The van der Waals surface area contributed by atoms with E-state index in [0.29, 0.717) is 38.5 Å². The highest BCUT2D eigenvalue weighted by Gasteiger charge is 2.27. The summed E-state index contributed by atoms with van der Waals surface area (Å²) in [6, 6.07) is 0. The summed E-state index contributed by atoms with van der Waals surface area (Å²) < 4.78 is 5.70. The number of carbonyl (C=O) groups is 1. The molecule has 0 saturated carbocycles. The molecule has 0 spiro atoms. The molecule has 0 aromatic carbocycles. The third-order valence-corrected chi connectivity index (χ3v) is 4.47. The van der Waals surface area contributed by atoms with Gasteiger partial charge in [0, 0.05) is 51.7 Å². The van der Waals surface area contributed by atoms with E-state index in [0.717, 1.165) is 13.1 Å². The number of carbonyl (C=O) groups excluding carboxylic acids is 1. The van der Waals surface area contributed by atoms with Gasteiger partial charge in [0.05, 0.1) is 18.8 Å². The minimum atomic E-state index is -0.187. The molecule has 3 rings (SSSR count). The van der Waals surface area contributed by atoms with Crippen molar-refractivity contribution in [3.63, 3.8) is 0 Å². The Morgan fingerprint density at radius 2 is 1.92 bits per heavy atom. The number of rotatable bonds is 3. The number of anilines is 1. The molecule has 0 aliphatic carbocycles. The maximum atomic E-state index is 12.5. The zero-order valence-electron chi connectivity index (χ0n) is 14.3. The van der Waals surface area contributed by atoms with E-state index < -0.39 is 0 Å². The van der Waals surface area contributed by atoms with Crippen molar-refractivity contribution in [1.29, 1.82) is 0 Å². The van der Waals surface area contributed by atoms with E-state index in [1.807, 2.05) is 23.6 Å². The molecular formula is C16H25N5O3. The number of hydrogen-bond donors (Lipinski definition) is 1.